The molecule has 7 nitrogen and oxygen atoms in total. The molecule has 0 bridgehead atoms. The maximum atomic E-state index is 11.4. The van der Waals surface area contributed by atoms with Crippen molar-refractivity contribution < 1.29 is 9.53 Å². The molecule has 0 radical (unpaired) electrons. The number of ether oxygens (including phenoxy) is 1. The van der Waals surface area contributed by atoms with Gasteiger partial charge in [-0.3, -0.25) is 14.7 Å². The lowest BCUT2D eigenvalue weighted by molar-refractivity contribution is -0.130. The Hall–Kier alpha value is -2.28. The second-order valence-corrected chi connectivity index (χ2v) is 7.24. The van der Waals surface area contributed by atoms with E-state index in [0.717, 1.165) is 63.9 Å². The monoisotopic (exact) mass is 389 g/mol. The zero-order valence-electron chi connectivity index (χ0n) is 17.7. The number of hydrogen-bond donors (Lipinski definition) is 2. The topological polar surface area (TPSA) is 69.2 Å². The molecule has 1 fully saturated rings. The molecule has 1 atom stereocenters. The van der Waals surface area contributed by atoms with Crippen LogP contribution in [0.4, 0.5) is 0 Å². The molecule has 0 aliphatic carbocycles. The summed E-state index contributed by atoms with van der Waals surface area (Å²) in [5.41, 5.74) is 1.32. The van der Waals surface area contributed by atoms with Gasteiger partial charge in [-0.05, 0) is 30.0 Å². The number of nitrogens with one attached hydrogen (secondary N) is 2. The molecule has 2 rings (SSSR count). The van der Waals surface area contributed by atoms with Crippen molar-refractivity contribution in [3.63, 3.8) is 0 Å². The molecule has 1 aliphatic rings. The van der Waals surface area contributed by atoms with Crippen molar-refractivity contribution in [1.29, 1.82) is 0 Å². The van der Waals surface area contributed by atoms with E-state index in [-0.39, 0.29) is 5.91 Å². The normalized spacial score (nSPS) is 16.6. The predicted octanol–water partition coefficient (Wildman–Crippen LogP) is 1.52. The van der Waals surface area contributed by atoms with Crippen LogP contribution in [0.15, 0.2) is 29.3 Å². The van der Waals surface area contributed by atoms with Gasteiger partial charge in [0.15, 0.2) is 5.96 Å². The van der Waals surface area contributed by atoms with E-state index < -0.39 is 0 Å². The SMILES string of the molecule is CN=C(NCCC(C)c1ccc(OC)cc1)NCCN1CCN(C(C)=O)CC1. The van der Waals surface area contributed by atoms with Crippen molar-refractivity contribution in [2.45, 2.75) is 26.2 Å². The molecule has 156 valence electrons. The first-order valence-electron chi connectivity index (χ1n) is 10.1. The molecule has 1 aromatic carbocycles. The number of carbonyl (C=O) groups excluding carboxylic acids is 1. The van der Waals surface area contributed by atoms with Gasteiger partial charge in [-0.2, -0.15) is 0 Å². The molecule has 1 amide bonds. The molecule has 7 heteroatoms. The van der Waals surface area contributed by atoms with Gasteiger partial charge in [0.1, 0.15) is 5.75 Å². The van der Waals surface area contributed by atoms with Gasteiger partial charge in [0.2, 0.25) is 5.91 Å². The molecular weight excluding hydrogens is 354 g/mol. The highest BCUT2D eigenvalue weighted by Crippen LogP contribution is 2.21. The van der Waals surface area contributed by atoms with Crippen LogP contribution in [0.2, 0.25) is 0 Å². The summed E-state index contributed by atoms with van der Waals surface area (Å²) < 4.78 is 5.22. The molecule has 2 N–H and O–H groups in total. The highest BCUT2D eigenvalue weighted by atomic mass is 16.5. The van der Waals surface area contributed by atoms with E-state index in [1.165, 1.54) is 5.56 Å². The largest absolute Gasteiger partial charge is 0.497 e. The summed E-state index contributed by atoms with van der Waals surface area (Å²) in [5, 5.41) is 6.77. The van der Waals surface area contributed by atoms with E-state index in [0.29, 0.717) is 5.92 Å². The molecule has 0 spiro atoms. The molecule has 1 aromatic rings. The van der Waals surface area contributed by atoms with Crippen LogP contribution in [0.25, 0.3) is 0 Å². The third-order valence-electron chi connectivity index (χ3n) is 5.32. The number of methoxy groups -OCH3 is 1. The summed E-state index contributed by atoms with van der Waals surface area (Å²) >= 11 is 0. The predicted molar refractivity (Wildman–Crippen MR) is 114 cm³/mol. The number of amides is 1. The zero-order chi connectivity index (χ0) is 20.4. The average molecular weight is 390 g/mol. The molecule has 0 aromatic heterocycles. The van der Waals surface area contributed by atoms with Crippen molar-refractivity contribution in [3.05, 3.63) is 29.8 Å². The van der Waals surface area contributed by atoms with Gasteiger partial charge >= 0.3 is 0 Å². The van der Waals surface area contributed by atoms with E-state index in [2.05, 4.69) is 39.6 Å². The van der Waals surface area contributed by atoms with Crippen molar-refractivity contribution in [2.24, 2.45) is 4.99 Å². The summed E-state index contributed by atoms with van der Waals surface area (Å²) in [4.78, 5) is 20.0. The van der Waals surface area contributed by atoms with Crippen LogP contribution in [0, 0.1) is 0 Å². The van der Waals surface area contributed by atoms with Crippen LogP contribution in [0.5, 0.6) is 5.75 Å². The number of benzene rings is 1. The van der Waals surface area contributed by atoms with Crippen LogP contribution >= 0.6 is 0 Å². The number of carbonyl (C=O) groups is 1. The summed E-state index contributed by atoms with van der Waals surface area (Å²) in [5.74, 6) is 2.37. The Kier molecular flexibility index (Phi) is 9.07. The Morgan fingerprint density at radius 2 is 1.79 bits per heavy atom. The van der Waals surface area contributed by atoms with Crippen molar-refractivity contribution in [2.75, 3.05) is 60.0 Å². The van der Waals surface area contributed by atoms with E-state index in [1.54, 1.807) is 21.1 Å². The fraction of sp³-hybridized carbons (Fsp3) is 0.619. The number of rotatable bonds is 8. The minimum absolute atomic E-state index is 0.172. The third-order valence-corrected chi connectivity index (χ3v) is 5.32. The lowest BCUT2D eigenvalue weighted by Crippen LogP contribution is -2.50. The first-order chi connectivity index (χ1) is 13.5. The highest BCUT2D eigenvalue weighted by Gasteiger charge is 2.17. The maximum absolute atomic E-state index is 11.4. The molecule has 28 heavy (non-hydrogen) atoms. The van der Waals surface area contributed by atoms with Gasteiger partial charge in [0.25, 0.3) is 0 Å². The lowest BCUT2D eigenvalue weighted by atomic mass is 9.98. The second kappa shape index (κ2) is 11.5. The van der Waals surface area contributed by atoms with Gasteiger partial charge in [-0.15, -0.1) is 0 Å². The first kappa shape index (κ1) is 22.0. The van der Waals surface area contributed by atoms with Crippen molar-refractivity contribution >= 4 is 11.9 Å². The molecule has 0 saturated carbocycles. The number of piperazine rings is 1. The van der Waals surface area contributed by atoms with Crippen LogP contribution in [0.3, 0.4) is 0 Å². The quantitative estimate of drug-likeness (QED) is 0.521. The van der Waals surface area contributed by atoms with Crippen molar-refractivity contribution in [1.82, 2.24) is 20.4 Å². The first-order valence-corrected chi connectivity index (χ1v) is 10.1. The maximum Gasteiger partial charge on any atom is 0.219 e. The molecular formula is C21H35N5O2. The lowest BCUT2D eigenvalue weighted by Gasteiger charge is -2.34. The van der Waals surface area contributed by atoms with Gasteiger partial charge < -0.3 is 20.3 Å². The smallest absolute Gasteiger partial charge is 0.219 e. The zero-order valence-corrected chi connectivity index (χ0v) is 17.7. The Balaban J connectivity index is 1.62. The van der Waals surface area contributed by atoms with Crippen LogP contribution < -0.4 is 15.4 Å². The number of guanidine groups is 1. The third kappa shape index (κ3) is 7.03. The second-order valence-electron chi connectivity index (χ2n) is 7.24. The summed E-state index contributed by atoms with van der Waals surface area (Å²) in [6.07, 6.45) is 1.03. The number of nitrogens with zero attached hydrogens (tertiary/aromatic N) is 3. The van der Waals surface area contributed by atoms with Gasteiger partial charge in [0.05, 0.1) is 7.11 Å². The van der Waals surface area contributed by atoms with Crippen LogP contribution in [-0.2, 0) is 4.79 Å². The summed E-state index contributed by atoms with van der Waals surface area (Å²) in [6, 6.07) is 8.27. The summed E-state index contributed by atoms with van der Waals surface area (Å²) in [6.45, 7) is 10.1. The van der Waals surface area contributed by atoms with Crippen molar-refractivity contribution in [3.8, 4) is 5.75 Å². The fourth-order valence-electron chi connectivity index (χ4n) is 3.35. The Labute approximate surface area is 169 Å². The highest BCUT2D eigenvalue weighted by molar-refractivity contribution is 5.79. The minimum atomic E-state index is 0.172. The summed E-state index contributed by atoms with van der Waals surface area (Å²) in [7, 11) is 3.49. The van der Waals surface area contributed by atoms with Gasteiger partial charge in [-0.1, -0.05) is 19.1 Å². The Morgan fingerprint density at radius 1 is 1.14 bits per heavy atom. The van der Waals surface area contributed by atoms with E-state index in [4.69, 9.17) is 4.74 Å². The Bertz CT molecular complexity index is 624. The standard InChI is InChI=1S/C21H35N5O2/c1-17(19-5-7-20(28-4)8-6-19)9-10-23-21(22-3)24-11-12-25-13-15-26(16-14-25)18(2)27/h5-8,17H,9-16H2,1-4H3,(H2,22,23,24). The van der Waals surface area contributed by atoms with E-state index in [9.17, 15) is 4.79 Å². The van der Waals surface area contributed by atoms with E-state index in [1.807, 2.05) is 17.0 Å². The molecule has 1 heterocycles. The van der Waals surface area contributed by atoms with Gasteiger partial charge in [0, 0.05) is 59.8 Å². The Morgan fingerprint density at radius 3 is 2.36 bits per heavy atom. The molecule has 1 unspecified atom stereocenters. The number of aliphatic imine (C=N–C) groups is 1. The fourth-order valence-corrected chi connectivity index (χ4v) is 3.35. The number of hydrogen-bond acceptors (Lipinski definition) is 4. The van der Waals surface area contributed by atoms with Crippen LogP contribution in [-0.4, -0.2) is 81.6 Å². The minimum Gasteiger partial charge on any atom is -0.497 e. The molecule has 1 aliphatic heterocycles. The average Bonchev–Trinajstić information content (AvgIpc) is 2.72. The van der Waals surface area contributed by atoms with Gasteiger partial charge in [-0.25, -0.2) is 0 Å². The van der Waals surface area contributed by atoms with Crippen LogP contribution in [0.1, 0.15) is 31.7 Å². The van der Waals surface area contributed by atoms with E-state index >= 15 is 0 Å². The molecule has 1 saturated heterocycles.